The summed E-state index contributed by atoms with van der Waals surface area (Å²) in [4.78, 5) is 11.1. The molecule has 9 heteroatoms. The first-order chi connectivity index (χ1) is 12.4. The van der Waals surface area contributed by atoms with E-state index in [0.717, 1.165) is 32.1 Å². The van der Waals surface area contributed by atoms with Crippen LogP contribution >= 0.6 is 0 Å². The number of rotatable bonds is 14. The van der Waals surface area contributed by atoms with E-state index in [1.54, 1.807) is 0 Å². The Bertz CT molecular complexity index is 422. The Labute approximate surface area is 155 Å². The summed E-state index contributed by atoms with van der Waals surface area (Å²) in [6, 6.07) is 0. The first-order valence-corrected chi connectivity index (χ1v) is 9.41. The summed E-state index contributed by atoms with van der Waals surface area (Å²) < 4.78 is 92.0. The number of hydrogen-bond donors (Lipinski definition) is 0. The van der Waals surface area contributed by atoms with Crippen molar-refractivity contribution in [1.82, 2.24) is 0 Å². The Kier molecular flexibility index (Phi) is 11.3. The number of unbranched alkanes of at least 4 members (excludes halogenated alkanes) is 9. The molecule has 0 aromatic rings. The smallest absolute Gasteiger partial charge is 0.458 e. The zero-order valence-electron chi connectivity index (χ0n) is 15.8. The molecular weight excluding hydrogens is 381 g/mol. The second-order valence-corrected chi connectivity index (χ2v) is 6.83. The van der Waals surface area contributed by atoms with Crippen LogP contribution in [0.5, 0.6) is 0 Å². The quantitative estimate of drug-likeness (QED) is 0.174. The number of carbonyl (C=O) groups excluding carboxylic acids is 1. The maximum Gasteiger partial charge on any atom is 0.460 e. The Balaban J connectivity index is 4.05. The molecule has 0 N–H and O–H groups in total. The van der Waals surface area contributed by atoms with Crippen molar-refractivity contribution in [3.8, 4) is 0 Å². The fourth-order valence-corrected chi connectivity index (χ4v) is 2.54. The van der Waals surface area contributed by atoms with Crippen molar-refractivity contribution in [3.63, 3.8) is 0 Å². The third-order valence-electron chi connectivity index (χ3n) is 4.28. The summed E-state index contributed by atoms with van der Waals surface area (Å²) in [6.45, 7) is 3.33. The molecule has 0 amide bonds. The molecule has 0 aromatic heterocycles. The molecule has 0 spiro atoms. The monoisotopic (exact) mass is 410 g/mol. The Morgan fingerprint density at radius 2 is 1.19 bits per heavy atom. The van der Waals surface area contributed by atoms with Crippen LogP contribution < -0.4 is 0 Å². The van der Waals surface area contributed by atoms with Crippen molar-refractivity contribution >= 4 is 5.97 Å². The molecule has 162 valence electrons. The van der Waals surface area contributed by atoms with Crippen LogP contribution in [0.2, 0.25) is 0 Å². The number of hydrogen-bond acceptors (Lipinski definition) is 2. The van der Waals surface area contributed by atoms with Gasteiger partial charge in [0.25, 0.3) is 0 Å². The number of ether oxygens (including phenoxy) is 1. The van der Waals surface area contributed by atoms with Crippen LogP contribution in [0.15, 0.2) is 0 Å². The van der Waals surface area contributed by atoms with Gasteiger partial charge in [-0.2, -0.15) is 30.7 Å². The van der Waals surface area contributed by atoms with Gasteiger partial charge < -0.3 is 4.74 Å². The highest BCUT2D eigenvalue weighted by molar-refractivity contribution is 5.79. The van der Waals surface area contributed by atoms with Crippen molar-refractivity contribution in [2.45, 2.75) is 109 Å². The van der Waals surface area contributed by atoms with Crippen molar-refractivity contribution in [1.29, 1.82) is 0 Å². The molecule has 1 atom stereocenters. The molecule has 0 aromatic carbocycles. The third-order valence-corrected chi connectivity index (χ3v) is 4.28. The Morgan fingerprint density at radius 1 is 0.778 bits per heavy atom. The van der Waals surface area contributed by atoms with Crippen LogP contribution in [-0.2, 0) is 9.53 Å². The minimum absolute atomic E-state index is 0.121. The summed E-state index contributed by atoms with van der Waals surface area (Å²) in [7, 11) is 0. The number of carbonyl (C=O) groups is 1. The minimum atomic E-state index is -6.55. The van der Waals surface area contributed by atoms with E-state index in [2.05, 4.69) is 11.7 Å². The van der Waals surface area contributed by atoms with E-state index < -0.39 is 30.1 Å². The second kappa shape index (κ2) is 11.7. The van der Waals surface area contributed by atoms with Gasteiger partial charge in [0.1, 0.15) is 0 Å². The van der Waals surface area contributed by atoms with Gasteiger partial charge in [-0.15, -0.1) is 0 Å². The summed E-state index contributed by atoms with van der Waals surface area (Å²) in [5, 5.41) is 0. The van der Waals surface area contributed by atoms with E-state index in [1.165, 1.54) is 32.6 Å². The van der Waals surface area contributed by atoms with Gasteiger partial charge in [-0.25, -0.2) is 4.79 Å². The molecule has 0 aliphatic heterocycles. The maximum atomic E-state index is 13.1. The van der Waals surface area contributed by atoms with Crippen LogP contribution in [-0.4, -0.2) is 30.1 Å². The Morgan fingerprint density at radius 3 is 1.59 bits per heavy atom. The van der Waals surface area contributed by atoms with Crippen LogP contribution in [0.4, 0.5) is 30.7 Å². The number of alkyl halides is 7. The fourth-order valence-electron chi connectivity index (χ4n) is 2.54. The summed E-state index contributed by atoms with van der Waals surface area (Å²) >= 11 is 0. The zero-order valence-corrected chi connectivity index (χ0v) is 15.8. The van der Waals surface area contributed by atoms with Crippen molar-refractivity contribution in [3.05, 3.63) is 0 Å². The van der Waals surface area contributed by atoms with E-state index in [1.807, 2.05) is 0 Å². The van der Waals surface area contributed by atoms with E-state index in [9.17, 15) is 35.5 Å². The van der Waals surface area contributed by atoms with Crippen molar-refractivity contribution in [2.75, 3.05) is 0 Å². The summed E-state index contributed by atoms with van der Waals surface area (Å²) in [5.74, 6) is -15.3. The molecule has 1 unspecified atom stereocenters. The summed E-state index contributed by atoms with van der Waals surface area (Å²) in [6.07, 6.45) is 2.63. The molecule has 0 radical (unpaired) electrons. The van der Waals surface area contributed by atoms with Gasteiger partial charge >= 0.3 is 24.0 Å². The number of esters is 1. The van der Waals surface area contributed by atoms with Gasteiger partial charge in [-0.3, -0.25) is 0 Å². The average Bonchev–Trinajstić information content (AvgIpc) is 2.55. The van der Waals surface area contributed by atoms with Crippen LogP contribution in [0.1, 0.15) is 84.5 Å². The van der Waals surface area contributed by atoms with E-state index in [-0.39, 0.29) is 6.42 Å². The van der Waals surface area contributed by atoms with Gasteiger partial charge in [0.2, 0.25) is 0 Å². The summed E-state index contributed by atoms with van der Waals surface area (Å²) in [5.41, 5.74) is 0. The highest BCUT2D eigenvalue weighted by Gasteiger charge is 2.77. The van der Waals surface area contributed by atoms with E-state index in [0.29, 0.717) is 6.42 Å². The van der Waals surface area contributed by atoms with Gasteiger partial charge in [0.05, 0.1) is 6.10 Å². The van der Waals surface area contributed by atoms with Crippen LogP contribution in [0.25, 0.3) is 0 Å². The first kappa shape index (κ1) is 26.0. The standard InChI is InChI=1S/C18H29F7O2/c1-3-4-5-6-7-8-9-10-11-12-13-14(2)27-15(26)16(19,20)17(21,22)18(23,24)25/h14H,3-13H2,1-2H3. The second-order valence-electron chi connectivity index (χ2n) is 6.83. The average molecular weight is 410 g/mol. The lowest BCUT2D eigenvalue weighted by atomic mass is 10.0. The minimum Gasteiger partial charge on any atom is -0.458 e. The van der Waals surface area contributed by atoms with Gasteiger partial charge in [0, 0.05) is 0 Å². The molecule has 2 nitrogen and oxygen atoms in total. The van der Waals surface area contributed by atoms with Crippen molar-refractivity contribution < 1.29 is 40.3 Å². The molecule has 0 fully saturated rings. The highest BCUT2D eigenvalue weighted by Crippen LogP contribution is 2.47. The lowest BCUT2D eigenvalue weighted by Crippen LogP contribution is -2.57. The topological polar surface area (TPSA) is 26.3 Å². The normalized spacial score (nSPS) is 14.3. The molecule has 0 bridgehead atoms. The lowest BCUT2D eigenvalue weighted by molar-refractivity contribution is -0.349. The molecular formula is C18H29F7O2. The van der Waals surface area contributed by atoms with E-state index in [4.69, 9.17) is 0 Å². The predicted molar refractivity (Wildman–Crippen MR) is 88.0 cm³/mol. The maximum absolute atomic E-state index is 13.1. The largest absolute Gasteiger partial charge is 0.460 e. The molecule has 0 saturated carbocycles. The van der Waals surface area contributed by atoms with Gasteiger partial charge in [-0.1, -0.05) is 64.7 Å². The number of halogens is 7. The van der Waals surface area contributed by atoms with Crippen molar-refractivity contribution in [2.24, 2.45) is 0 Å². The Hall–Kier alpha value is -1.02. The molecule has 0 aliphatic carbocycles. The molecule has 0 aliphatic rings. The molecule has 0 heterocycles. The molecule has 27 heavy (non-hydrogen) atoms. The third kappa shape index (κ3) is 8.68. The van der Waals surface area contributed by atoms with Gasteiger partial charge in [0.15, 0.2) is 0 Å². The van der Waals surface area contributed by atoms with Crippen LogP contribution in [0.3, 0.4) is 0 Å². The lowest BCUT2D eigenvalue weighted by Gasteiger charge is -2.27. The molecule has 0 saturated heterocycles. The predicted octanol–water partition coefficient (Wildman–Crippen LogP) is 7.06. The fraction of sp³-hybridized carbons (Fsp3) is 0.944. The zero-order chi connectivity index (χ0) is 21.1. The van der Waals surface area contributed by atoms with E-state index >= 15 is 0 Å². The molecule has 0 rings (SSSR count). The highest BCUT2D eigenvalue weighted by atomic mass is 19.4. The van der Waals surface area contributed by atoms with Crippen LogP contribution in [0, 0.1) is 0 Å². The van der Waals surface area contributed by atoms with Gasteiger partial charge in [-0.05, 0) is 19.8 Å². The SMILES string of the molecule is CCCCCCCCCCCCC(C)OC(=O)C(F)(F)C(F)(F)C(F)(F)F. The first-order valence-electron chi connectivity index (χ1n) is 9.41.